The molecule has 0 aromatic carbocycles. The van der Waals surface area contributed by atoms with Gasteiger partial charge < -0.3 is 14.9 Å². The summed E-state index contributed by atoms with van der Waals surface area (Å²) >= 11 is 1.36. The molecule has 10 heteroatoms. The number of aliphatic carboxylic acids is 1. The zero-order valence-corrected chi connectivity index (χ0v) is 12.0. The van der Waals surface area contributed by atoms with Crippen molar-refractivity contribution in [3.8, 4) is 0 Å². The third-order valence-electron chi connectivity index (χ3n) is 3.46. The Morgan fingerprint density at radius 2 is 1.81 bits per heavy atom. The fraction of sp³-hybridized carbons (Fsp3) is 0.818. The molecule has 2 rings (SSSR count). The van der Waals surface area contributed by atoms with Crippen LogP contribution < -0.4 is 0 Å². The minimum absolute atomic E-state index is 0.143. The van der Waals surface area contributed by atoms with Gasteiger partial charge in [-0.1, -0.05) is 0 Å². The minimum atomic E-state index is -4.24. The number of alkyl halides is 3. The number of amides is 2. The van der Waals surface area contributed by atoms with Crippen LogP contribution in [0.3, 0.4) is 0 Å². The molecule has 1 unspecified atom stereocenters. The van der Waals surface area contributed by atoms with Crippen molar-refractivity contribution in [2.45, 2.75) is 12.2 Å². The van der Waals surface area contributed by atoms with E-state index in [4.69, 9.17) is 5.11 Å². The fourth-order valence-corrected chi connectivity index (χ4v) is 3.51. The molecule has 21 heavy (non-hydrogen) atoms. The lowest BCUT2D eigenvalue weighted by Gasteiger charge is -2.37. The molecule has 0 aliphatic carbocycles. The first-order chi connectivity index (χ1) is 9.78. The second-order valence-corrected chi connectivity index (χ2v) is 5.98. The number of carboxylic acids is 1. The van der Waals surface area contributed by atoms with E-state index in [-0.39, 0.29) is 26.2 Å². The largest absolute Gasteiger partial charge is 0.480 e. The summed E-state index contributed by atoms with van der Waals surface area (Å²) in [6.07, 6.45) is -4.24. The molecule has 2 heterocycles. The number of carbonyl (C=O) groups excluding carboxylic acids is 1. The van der Waals surface area contributed by atoms with Crippen molar-refractivity contribution in [2.24, 2.45) is 0 Å². The number of carboxylic acid groups (broad SMARTS) is 1. The van der Waals surface area contributed by atoms with E-state index >= 15 is 0 Å². The molecule has 2 saturated heterocycles. The predicted octanol–water partition coefficient (Wildman–Crippen LogP) is 0.746. The Morgan fingerprint density at radius 3 is 2.33 bits per heavy atom. The van der Waals surface area contributed by atoms with Gasteiger partial charge in [-0.15, -0.1) is 11.8 Å². The maximum Gasteiger partial charge on any atom is 0.401 e. The molecule has 120 valence electrons. The summed E-state index contributed by atoms with van der Waals surface area (Å²) in [5, 5.41) is 9.04. The number of halogens is 3. The number of carbonyl (C=O) groups is 2. The van der Waals surface area contributed by atoms with Crippen LogP contribution in [0.5, 0.6) is 0 Å². The maximum atomic E-state index is 12.3. The molecular formula is C11H16F3N3O3S. The first-order valence-electron chi connectivity index (χ1n) is 6.43. The highest BCUT2D eigenvalue weighted by Crippen LogP contribution is 2.23. The topological polar surface area (TPSA) is 64.1 Å². The molecule has 0 saturated carbocycles. The average Bonchev–Trinajstić information content (AvgIpc) is 2.86. The van der Waals surface area contributed by atoms with Crippen LogP contribution in [0.2, 0.25) is 0 Å². The van der Waals surface area contributed by atoms with Crippen LogP contribution in [0.4, 0.5) is 18.0 Å². The number of thioether (sulfide) groups is 1. The van der Waals surface area contributed by atoms with Gasteiger partial charge in [0.2, 0.25) is 0 Å². The smallest absolute Gasteiger partial charge is 0.401 e. The Bertz CT molecular complexity index is 413. The first-order valence-corrected chi connectivity index (χ1v) is 7.58. The highest BCUT2D eigenvalue weighted by atomic mass is 32.2. The average molecular weight is 327 g/mol. The van der Waals surface area contributed by atoms with E-state index in [9.17, 15) is 22.8 Å². The van der Waals surface area contributed by atoms with E-state index in [0.29, 0.717) is 11.6 Å². The van der Waals surface area contributed by atoms with Gasteiger partial charge >= 0.3 is 18.2 Å². The molecule has 6 nitrogen and oxygen atoms in total. The van der Waals surface area contributed by atoms with Gasteiger partial charge in [-0.25, -0.2) is 9.59 Å². The number of urea groups is 1. The fourth-order valence-electron chi connectivity index (χ4n) is 2.37. The summed E-state index contributed by atoms with van der Waals surface area (Å²) in [5.41, 5.74) is 0. The molecule has 0 aromatic heterocycles. The van der Waals surface area contributed by atoms with Crippen LogP contribution in [-0.4, -0.2) is 88.4 Å². The molecule has 0 bridgehead atoms. The quantitative estimate of drug-likeness (QED) is 0.811. The lowest BCUT2D eigenvalue weighted by Crippen LogP contribution is -2.55. The Labute approximate surface area is 123 Å². The summed E-state index contributed by atoms with van der Waals surface area (Å²) < 4.78 is 36.8. The molecule has 2 aliphatic rings. The van der Waals surface area contributed by atoms with E-state index in [1.807, 2.05) is 0 Å². The first kappa shape index (κ1) is 16.2. The Kier molecular flexibility index (Phi) is 4.87. The van der Waals surface area contributed by atoms with E-state index in [1.165, 1.54) is 26.5 Å². The zero-order chi connectivity index (χ0) is 15.6. The molecule has 2 aliphatic heterocycles. The van der Waals surface area contributed by atoms with Crippen molar-refractivity contribution in [3.05, 3.63) is 0 Å². The standard InChI is InChI=1S/C11H16F3N3O3S/c12-11(13,14)6-15-1-3-16(4-2-15)10(20)17-7-21-5-8(17)9(18)19/h8H,1-7H2,(H,18,19). The molecule has 2 fully saturated rings. The van der Waals surface area contributed by atoms with Gasteiger partial charge in [0.25, 0.3) is 0 Å². The number of nitrogens with zero attached hydrogens (tertiary/aromatic N) is 3. The van der Waals surface area contributed by atoms with Crippen LogP contribution >= 0.6 is 11.8 Å². The van der Waals surface area contributed by atoms with Crippen LogP contribution in [0.1, 0.15) is 0 Å². The highest BCUT2D eigenvalue weighted by molar-refractivity contribution is 7.99. The van der Waals surface area contributed by atoms with Gasteiger partial charge in [-0.2, -0.15) is 13.2 Å². The molecule has 1 atom stereocenters. The van der Waals surface area contributed by atoms with Crippen molar-refractivity contribution < 1.29 is 27.9 Å². The lowest BCUT2D eigenvalue weighted by atomic mass is 10.3. The Balaban J connectivity index is 1.87. The molecular weight excluding hydrogens is 311 g/mol. The number of hydrogen-bond acceptors (Lipinski definition) is 4. The lowest BCUT2D eigenvalue weighted by molar-refractivity contribution is -0.149. The monoisotopic (exact) mass is 327 g/mol. The molecule has 0 radical (unpaired) electrons. The second kappa shape index (κ2) is 6.30. The van der Waals surface area contributed by atoms with Gasteiger partial charge in [0.1, 0.15) is 6.04 Å². The molecule has 0 spiro atoms. The van der Waals surface area contributed by atoms with Gasteiger partial charge in [-0.05, 0) is 0 Å². The van der Waals surface area contributed by atoms with Crippen molar-refractivity contribution in [3.63, 3.8) is 0 Å². The summed E-state index contributed by atoms with van der Waals surface area (Å²) in [7, 11) is 0. The molecule has 2 amide bonds. The molecule has 0 aromatic rings. The second-order valence-electron chi connectivity index (χ2n) is 4.98. The number of rotatable bonds is 2. The highest BCUT2D eigenvalue weighted by Gasteiger charge is 2.38. The number of hydrogen-bond donors (Lipinski definition) is 1. The van der Waals surface area contributed by atoms with Crippen molar-refractivity contribution >= 4 is 23.8 Å². The van der Waals surface area contributed by atoms with Crippen molar-refractivity contribution in [1.29, 1.82) is 0 Å². The SMILES string of the molecule is O=C(O)C1CSCN1C(=O)N1CCN(CC(F)(F)F)CC1. The van der Waals surface area contributed by atoms with Gasteiger partial charge in [0.15, 0.2) is 0 Å². The zero-order valence-electron chi connectivity index (χ0n) is 11.2. The van der Waals surface area contributed by atoms with Crippen LogP contribution in [0, 0.1) is 0 Å². The van der Waals surface area contributed by atoms with Gasteiger partial charge in [-0.3, -0.25) is 4.90 Å². The van der Waals surface area contributed by atoms with Crippen molar-refractivity contribution in [1.82, 2.24) is 14.7 Å². The minimum Gasteiger partial charge on any atom is -0.480 e. The van der Waals surface area contributed by atoms with E-state index in [2.05, 4.69) is 0 Å². The Hall–Kier alpha value is -1.16. The Morgan fingerprint density at radius 1 is 1.19 bits per heavy atom. The molecule has 1 N–H and O–H groups in total. The van der Waals surface area contributed by atoms with E-state index in [0.717, 1.165) is 0 Å². The van der Waals surface area contributed by atoms with E-state index < -0.39 is 30.8 Å². The summed E-state index contributed by atoms with van der Waals surface area (Å²) in [5.74, 6) is -0.405. The third kappa shape index (κ3) is 4.16. The summed E-state index contributed by atoms with van der Waals surface area (Å²) in [4.78, 5) is 27.2. The summed E-state index contributed by atoms with van der Waals surface area (Å²) in [6, 6.07) is -1.25. The van der Waals surface area contributed by atoms with Crippen molar-refractivity contribution in [2.75, 3.05) is 44.4 Å². The van der Waals surface area contributed by atoms with Crippen LogP contribution in [-0.2, 0) is 4.79 Å². The van der Waals surface area contributed by atoms with Gasteiger partial charge in [0.05, 0.1) is 12.4 Å². The van der Waals surface area contributed by atoms with Crippen LogP contribution in [0.25, 0.3) is 0 Å². The number of piperazine rings is 1. The van der Waals surface area contributed by atoms with E-state index in [1.54, 1.807) is 0 Å². The van der Waals surface area contributed by atoms with Gasteiger partial charge in [0, 0.05) is 31.9 Å². The maximum absolute atomic E-state index is 12.3. The summed E-state index contributed by atoms with van der Waals surface area (Å²) in [6.45, 7) is -0.328. The predicted molar refractivity (Wildman–Crippen MR) is 70.1 cm³/mol. The third-order valence-corrected chi connectivity index (χ3v) is 4.47. The van der Waals surface area contributed by atoms with Crippen LogP contribution in [0.15, 0.2) is 0 Å². The normalized spacial score (nSPS) is 24.4.